The molecule has 0 N–H and O–H groups in total. The zero-order valence-electron chi connectivity index (χ0n) is 22.6. The van der Waals surface area contributed by atoms with Gasteiger partial charge in [0.1, 0.15) is 5.58 Å². The van der Waals surface area contributed by atoms with Crippen molar-refractivity contribution in [2.75, 3.05) is 7.11 Å². The minimum Gasteiger partial charge on any atom is -0.465 e. The van der Waals surface area contributed by atoms with Gasteiger partial charge in [-0.05, 0) is 23.8 Å². The number of methoxy groups -OCH3 is 1. The van der Waals surface area contributed by atoms with Crippen LogP contribution in [0.1, 0.15) is 10.4 Å². The topological polar surface area (TPSA) is 70.2 Å². The van der Waals surface area contributed by atoms with Crippen molar-refractivity contribution in [2.24, 2.45) is 0 Å². The lowest BCUT2D eigenvalue weighted by molar-refractivity contribution is 0.0601. The van der Waals surface area contributed by atoms with Crippen molar-refractivity contribution in [2.45, 2.75) is 0 Å². The first-order valence-electron chi connectivity index (χ1n) is 13.7. The summed E-state index contributed by atoms with van der Waals surface area (Å²) in [7, 11) is 1.39. The monoisotopic (exact) mass is 545 g/mol. The number of esters is 1. The van der Waals surface area contributed by atoms with Crippen molar-refractivity contribution in [1.29, 1.82) is 0 Å². The summed E-state index contributed by atoms with van der Waals surface area (Å²) in [6.07, 6.45) is 0. The number of ether oxygens (including phenoxy) is 1. The van der Waals surface area contributed by atoms with E-state index in [9.17, 15) is 4.79 Å². The second-order valence-corrected chi connectivity index (χ2v) is 10.1. The van der Waals surface area contributed by atoms with Crippen LogP contribution in [0.15, 0.2) is 126 Å². The fraction of sp³-hybridized carbons (Fsp3) is 0.0278. The van der Waals surface area contributed by atoms with Crippen LogP contribution in [0.3, 0.4) is 0 Å². The third kappa shape index (κ3) is 3.55. The molecule has 0 saturated heterocycles. The summed E-state index contributed by atoms with van der Waals surface area (Å²) in [4.78, 5) is 22.9. The quantitative estimate of drug-likeness (QED) is 0.207. The lowest BCUT2D eigenvalue weighted by atomic mass is 9.97. The lowest BCUT2D eigenvalue weighted by Crippen LogP contribution is -2.03. The van der Waals surface area contributed by atoms with E-state index >= 15 is 0 Å². The van der Waals surface area contributed by atoms with Crippen LogP contribution in [-0.2, 0) is 4.74 Å². The summed E-state index contributed by atoms with van der Waals surface area (Å²) in [5.41, 5.74) is 6.84. The van der Waals surface area contributed by atoms with Crippen molar-refractivity contribution in [3.63, 3.8) is 0 Å². The Bertz CT molecular complexity index is 2260. The Balaban J connectivity index is 1.48. The molecule has 0 amide bonds. The molecular weight excluding hydrogens is 522 g/mol. The number of carbonyl (C=O) groups excluding carboxylic acids is 1. The number of hydrogen-bond acceptors (Lipinski definition) is 5. The normalized spacial score (nSPS) is 11.5. The van der Waals surface area contributed by atoms with Crippen molar-refractivity contribution in [3.05, 3.63) is 127 Å². The molecule has 0 radical (unpaired) electrons. The highest BCUT2D eigenvalue weighted by molar-refractivity contribution is 6.15. The van der Waals surface area contributed by atoms with Crippen molar-refractivity contribution in [3.8, 4) is 28.3 Å². The number of fused-ring (bicyclic) bond motifs is 6. The zero-order valence-corrected chi connectivity index (χ0v) is 22.6. The van der Waals surface area contributed by atoms with Gasteiger partial charge in [-0.3, -0.25) is 4.57 Å². The lowest BCUT2D eigenvalue weighted by Gasteiger charge is -2.09. The second kappa shape index (κ2) is 9.42. The molecule has 200 valence electrons. The number of rotatable bonds is 4. The van der Waals surface area contributed by atoms with Gasteiger partial charge in [0.25, 0.3) is 0 Å². The Morgan fingerprint density at radius 2 is 1.29 bits per heavy atom. The largest absolute Gasteiger partial charge is 0.465 e. The summed E-state index contributed by atoms with van der Waals surface area (Å²) in [6.45, 7) is 0. The molecule has 0 atom stereocenters. The number of carbonyl (C=O) groups is 1. The minimum absolute atomic E-state index is 0.405. The van der Waals surface area contributed by atoms with Crippen LogP contribution in [0.5, 0.6) is 0 Å². The highest BCUT2D eigenvalue weighted by Crippen LogP contribution is 2.41. The number of para-hydroxylation sites is 3. The van der Waals surface area contributed by atoms with Crippen molar-refractivity contribution in [1.82, 2.24) is 14.5 Å². The van der Waals surface area contributed by atoms with Gasteiger partial charge in [0.15, 0.2) is 0 Å². The van der Waals surface area contributed by atoms with Gasteiger partial charge < -0.3 is 9.15 Å². The van der Waals surface area contributed by atoms with E-state index in [1.54, 1.807) is 6.07 Å². The average Bonchev–Trinajstić information content (AvgIpc) is 3.60. The van der Waals surface area contributed by atoms with E-state index in [0.717, 1.165) is 55.0 Å². The van der Waals surface area contributed by atoms with Gasteiger partial charge in [-0.2, -0.15) is 4.98 Å². The maximum atomic E-state index is 12.7. The molecule has 0 aliphatic rings. The molecule has 0 bridgehead atoms. The predicted octanol–water partition coefficient (Wildman–Crippen LogP) is 8.59. The molecular formula is C36H23N3O3. The van der Waals surface area contributed by atoms with E-state index < -0.39 is 5.97 Å². The molecule has 0 aliphatic heterocycles. The van der Waals surface area contributed by atoms with Crippen LogP contribution in [0.25, 0.3) is 72.2 Å². The van der Waals surface area contributed by atoms with Gasteiger partial charge in [-0.15, -0.1) is 0 Å². The first kappa shape index (κ1) is 24.1. The molecule has 0 fully saturated rings. The maximum absolute atomic E-state index is 12.7. The number of furan rings is 1. The number of aromatic nitrogens is 3. The molecule has 42 heavy (non-hydrogen) atoms. The Kier molecular flexibility index (Phi) is 5.40. The van der Waals surface area contributed by atoms with Crippen molar-refractivity contribution >= 4 is 49.8 Å². The molecule has 6 heteroatoms. The molecule has 0 saturated carbocycles. The van der Waals surface area contributed by atoms with Gasteiger partial charge in [0, 0.05) is 27.3 Å². The molecule has 0 unspecified atom stereocenters. The van der Waals surface area contributed by atoms with Crippen LogP contribution < -0.4 is 0 Å². The van der Waals surface area contributed by atoms with Gasteiger partial charge in [0.05, 0.1) is 34.8 Å². The number of hydrogen-bond donors (Lipinski definition) is 0. The van der Waals surface area contributed by atoms with Crippen LogP contribution in [-0.4, -0.2) is 27.6 Å². The molecule has 8 aromatic rings. The minimum atomic E-state index is -0.405. The summed E-state index contributed by atoms with van der Waals surface area (Å²) in [5, 5.41) is 3.95. The Morgan fingerprint density at radius 3 is 2.02 bits per heavy atom. The van der Waals surface area contributed by atoms with Crippen LogP contribution >= 0.6 is 0 Å². The molecule has 0 spiro atoms. The van der Waals surface area contributed by atoms with Crippen LogP contribution in [0, 0.1) is 0 Å². The summed E-state index contributed by atoms with van der Waals surface area (Å²) in [5.74, 6) is 0.117. The molecule has 3 aromatic heterocycles. The van der Waals surface area contributed by atoms with Gasteiger partial charge in [-0.25, -0.2) is 9.78 Å². The van der Waals surface area contributed by atoms with Gasteiger partial charge >= 0.3 is 5.97 Å². The second-order valence-electron chi connectivity index (χ2n) is 10.1. The van der Waals surface area contributed by atoms with E-state index in [1.165, 1.54) is 7.11 Å². The van der Waals surface area contributed by atoms with E-state index in [1.807, 2.05) is 91.0 Å². The van der Waals surface area contributed by atoms with Crippen molar-refractivity contribution < 1.29 is 13.9 Å². The van der Waals surface area contributed by atoms with Crippen LogP contribution in [0.4, 0.5) is 0 Å². The first-order chi connectivity index (χ1) is 20.7. The Morgan fingerprint density at radius 1 is 0.667 bits per heavy atom. The highest BCUT2D eigenvalue weighted by atomic mass is 16.5. The highest BCUT2D eigenvalue weighted by Gasteiger charge is 2.23. The predicted molar refractivity (Wildman–Crippen MR) is 166 cm³/mol. The third-order valence-corrected chi connectivity index (χ3v) is 7.80. The molecule has 6 nitrogen and oxygen atoms in total. The Hall–Kier alpha value is -5.75. The molecule has 0 aliphatic carbocycles. The van der Waals surface area contributed by atoms with E-state index in [4.69, 9.17) is 19.1 Å². The van der Waals surface area contributed by atoms with E-state index in [0.29, 0.717) is 22.8 Å². The summed E-state index contributed by atoms with van der Waals surface area (Å²) in [6, 6.07) is 40.0. The molecule has 3 heterocycles. The smallest absolute Gasteiger partial charge is 0.338 e. The summed E-state index contributed by atoms with van der Waals surface area (Å²) >= 11 is 0. The average molecular weight is 546 g/mol. The SMILES string of the molecule is COC(=O)c1ccccc1-c1cccc2c1oc1nc(-n3c4ccccc4c4ccccc43)nc(-c3ccccc3)c12. The maximum Gasteiger partial charge on any atom is 0.338 e. The number of benzene rings is 5. The van der Waals surface area contributed by atoms with Gasteiger partial charge in [0.2, 0.25) is 11.7 Å². The first-order valence-corrected chi connectivity index (χ1v) is 13.7. The van der Waals surface area contributed by atoms with E-state index in [-0.39, 0.29) is 0 Å². The number of nitrogens with zero attached hydrogens (tertiary/aromatic N) is 3. The fourth-order valence-electron chi connectivity index (χ4n) is 5.95. The Labute approximate surface area is 240 Å². The van der Waals surface area contributed by atoms with Crippen LogP contribution in [0.2, 0.25) is 0 Å². The zero-order chi connectivity index (χ0) is 28.2. The standard InChI is InChI=1S/C36H23N3O3/c1-41-35(40)27-17-6-5-14-23(27)26-18-11-19-28-31-32(22-12-3-2-4-13-22)37-36(38-34(31)42-33(26)28)39-29-20-9-7-15-24(29)25-16-8-10-21-30(25)39/h2-21H,1H3. The third-order valence-electron chi connectivity index (χ3n) is 7.80. The van der Waals surface area contributed by atoms with E-state index in [2.05, 4.69) is 28.8 Å². The summed E-state index contributed by atoms with van der Waals surface area (Å²) < 4.78 is 13.8. The molecule has 5 aromatic carbocycles. The molecule has 8 rings (SSSR count). The fourth-order valence-corrected chi connectivity index (χ4v) is 5.95. The van der Waals surface area contributed by atoms with Gasteiger partial charge in [-0.1, -0.05) is 103 Å².